The number of rotatable bonds is 3. The van der Waals surface area contributed by atoms with Crippen molar-refractivity contribution in [2.24, 2.45) is 5.73 Å². The van der Waals surface area contributed by atoms with E-state index in [2.05, 4.69) is 0 Å². The monoisotopic (exact) mass is 257 g/mol. The van der Waals surface area contributed by atoms with Gasteiger partial charge in [-0.3, -0.25) is 0 Å². The van der Waals surface area contributed by atoms with E-state index in [4.69, 9.17) is 5.73 Å². The molecule has 0 radical (unpaired) electrons. The van der Waals surface area contributed by atoms with Crippen LogP contribution in [0.3, 0.4) is 0 Å². The van der Waals surface area contributed by atoms with Crippen molar-refractivity contribution >= 4 is 0 Å². The van der Waals surface area contributed by atoms with Crippen LogP contribution in [0.25, 0.3) is 0 Å². The van der Waals surface area contributed by atoms with Gasteiger partial charge in [0, 0.05) is 12.1 Å². The molecule has 2 N–H and O–H groups in total. The summed E-state index contributed by atoms with van der Waals surface area (Å²) in [5.41, 5.74) is 4.77. The first kappa shape index (κ1) is 13.8. The summed E-state index contributed by atoms with van der Waals surface area (Å²) in [4.78, 5) is 0. The van der Waals surface area contributed by atoms with Crippen molar-refractivity contribution in [1.82, 2.24) is 0 Å². The fraction of sp³-hybridized carbons (Fsp3) is 0.400. The number of benzene rings is 1. The maximum Gasteiger partial charge on any atom is 0.390 e. The minimum atomic E-state index is -4.48. The predicted octanol–water partition coefficient (Wildman–Crippen LogP) is 2.93. The van der Waals surface area contributed by atoms with E-state index >= 15 is 0 Å². The maximum absolute atomic E-state index is 13.1. The first-order valence-corrected chi connectivity index (χ1v) is 4.65. The first-order chi connectivity index (χ1) is 7.69. The Hall–Kier alpha value is -1.24. The molecule has 0 heterocycles. The van der Waals surface area contributed by atoms with Gasteiger partial charge in [0.05, 0.1) is 6.42 Å². The number of hydrogen-bond acceptors (Lipinski definition) is 1. The lowest BCUT2D eigenvalue weighted by Gasteiger charge is -2.14. The Morgan fingerprint density at radius 1 is 1.00 bits per heavy atom. The second kappa shape index (κ2) is 4.95. The van der Waals surface area contributed by atoms with Gasteiger partial charge in [-0.25, -0.2) is 13.2 Å². The number of alkyl halides is 3. The topological polar surface area (TPSA) is 26.0 Å². The fourth-order valence-electron chi connectivity index (χ4n) is 1.37. The predicted molar refractivity (Wildman–Crippen MR) is 48.7 cm³/mol. The highest BCUT2D eigenvalue weighted by Gasteiger charge is 2.30. The summed E-state index contributed by atoms with van der Waals surface area (Å²) >= 11 is 0. The summed E-state index contributed by atoms with van der Waals surface area (Å²) in [6.45, 7) is 0. The van der Waals surface area contributed by atoms with Crippen LogP contribution in [-0.2, 0) is 6.42 Å². The summed E-state index contributed by atoms with van der Waals surface area (Å²) in [6.07, 6.45) is -6.30. The molecular weight excluding hydrogens is 248 g/mol. The van der Waals surface area contributed by atoms with Gasteiger partial charge in [0.1, 0.15) is 5.82 Å². The minimum Gasteiger partial charge on any atom is -0.327 e. The molecule has 17 heavy (non-hydrogen) atoms. The second-order valence-corrected chi connectivity index (χ2v) is 3.64. The Labute approximate surface area is 93.2 Å². The quantitative estimate of drug-likeness (QED) is 0.654. The zero-order valence-electron chi connectivity index (χ0n) is 8.49. The van der Waals surface area contributed by atoms with E-state index in [1.165, 1.54) is 0 Å². The molecule has 1 aromatic rings. The standard InChI is InChI=1S/C10H9F6N/c11-7-3-9(13)8(12)2-5(7)1-6(17)4-10(14,15)16/h2-3,6H,1,4,17H2/t6-/m1/s1. The Bertz CT molecular complexity index is 401. The van der Waals surface area contributed by atoms with E-state index in [0.29, 0.717) is 6.07 Å². The van der Waals surface area contributed by atoms with E-state index in [1.54, 1.807) is 0 Å². The van der Waals surface area contributed by atoms with Crippen LogP contribution in [0.5, 0.6) is 0 Å². The van der Waals surface area contributed by atoms with Crippen molar-refractivity contribution in [3.63, 3.8) is 0 Å². The van der Waals surface area contributed by atoms with Crippen LogP contribution in [0, 0.1) is 17.5 Å². The number of halogens is 6. The molecule has 0 aliphatic carbocycles. The Morgan fingerprint density at radius 3 is 2.06 bits per heavy atom. The largest absolute Gasteiger partial charge is 0.390 e. The van der Waals surface area contributed by atoms with E-state index in [-0.39, 0.29) is 11.6 Å². The van der Waals surface area contributed by atoms with Gasteiger partial charge >= 0.3 is 6.18 Å². The molecule has 0 spiro atoms. The van der Waals surface area contributed by atoms with Gasteiger partial charge in [0.15, 0.2) is 11.6 Å². The third kappa shape index (κ3) is 4.26. The summed E-state index contributed by atoms with van der Waals surface area (Å²) in [6, 6.07) is -0.597. The lowest BCUT2D eigenvalue weighted by atomic mass is 10.0. The summed E-state index contributed by atoms with van der Waals surface area (Å²) in [5.74, 6) is -3.82. The van der Waals surface area contributed by atoms with E-state index in [1.807, 2.05) is 0 Å². The van der Waals surface area contributed by atoms with Crippen molar-refractivity contribution in [3.8, 4) is 0 Å². The molecule has 0 saturated carbocycles. The van der Waals surface area contributed by atoms with Crippen molar-refractivity contribution in [2.45, 2.75) is 25.1 Å². The van der Waals surface area contributed by atoms with Crippen LogP contribution >= 0.6 is 0 Å². The zero-order chi connectivity index (χ0) is 13.2. The SMILES string of the molecule is N[C@H](Cc1cc(F)c(F)cc1F)CC(F)(F)F. The lowest BCUT2D eigenvalue weighted by Crippen LogP contribution is -2.30. The van der Waals surface area contributed by atoms with Gasteiger partial charge in [-0.2, -0.15) is 13.2 Å². The smallest absolute Gasteiger partial charge is 0.327 e. The molecule has 0 aromatic heterocycles. The average Bonchev–Trinajstić information content (AvgIpc) is 2.11. The molecule has 0 saturated heterocycles. The highest BCUT2D eigenvalue weighted by molar-refractivity contribution is 5.21. The van der Waals surface area contributed by atoms with E-state index < -0.39 is 42.5 Å². The minimum absolute atomic E-state index is 0.283. The summed E-state index contributed by atoms with van der Waals surface area (Å²) in [7, 11) is 0. The molecule has 0 unspecified atom stereocenters. The van der Waals surface area contributed by atoms with Crippen LogP contribution in [0.15, 0.2) is 12.1 Å². The molecule has 1 atom stereocenters. The lowest BCUT2D eigenvalue weighted by molar-refractivity contribution is -0.138. The zero-order valence-corrected chi connectivity index (χ0v) is 8.49. The molecule has 96 valence electrons. The van der Waals surface area contributed by atoms with E-state index in [9.17, 15) is 26.3 Å². The third-order valence-electron chi connectivity index (χ3n) is 2.07. The Morgan fingerprint density at radius 2 is 1.53 bits per heavy atom. The van der Waals surface area contributed by atoms with Crippen molar-refractivity contribution < 1.29 is 26.3 Å². The number of hydrogen-bond donors (Lipinski definition) is 1. The normalized spacial score (nSPS) is 13.8. The maximum atomic E-state index is 13.1. The molecule has 0 bridgehead atoms. The van der Waals surface area contributed by atoms with Crippen molar-refractivity contribution in [1.29, 1.82) is 0 Å². The molecule has 0 amide bonds. The average molecular weight is 257 g/mol. The van der Waals surface area contributed by atoms with Crippen molar-refractivity contribution in [2.75, 3.05) is 0 Å². The van der Waals surface area contributed by atoms with Crippen LogP contribution in [0.1, 0.15) is 12.0 Å². The molecule has 1 nitrogen and oxygen atoms in total. The van der Waals surface area contributed by atoms with Crippen LogP contribution < -0.4 is 5.73 Å². The second-order valence-electron chi connectivity index (χ2n) is 3.64. The first-order valence-electron chi connectivity index (χ1n) is 4.65. The van der Waals surface area contributed by atoms with Crippen LogP contribution in [0.2, 0.25) is 0 Å². The highest BCUT2D eigenvalue weighted by Crippen LogP contribution is 2.23. The van der Waals surface area contributed by atoms with Gasteiger partial charge in [0.25, 0.3) is 0 Å². The number of nitrogens with two attached hydrogens (primary N) is 1. The third-order valence-corrected chi connectivity index (χ3v) is 2.07. The van der Waals surface area contributed by atoms with Gasteiger partial charge < -0.3 is 5.73 Å². The molecule has 0 aliphatic rings. The van der Waals surface area contributed by atoms with Crippen molar-refractivity contribution in [3.05, 3.63) is 35.1 Å². The highest BCUT2D eigenvalue weighted by atomic mass is 19.4. The molecule has 1 rings (SSSR count). The van der Waals surface area contributed by atoms with Gasteiger partial charge in [0.2, 0.25) is 0 Å². The molecule has 0 fully saturated rings. The van der Waals surface area contributed by atoms with Gasteiger partial charge in [-0.05, 0) is 18.1 Å². The Balaban J connectivity index is 2.78. The van der Waals surface area contributed by atoms with Gasteiger partial charge in [-0.15, -0.1) is 0 Å². The Kier molecular flexibility index (Phi) is 4.03. The van der Waals surface area contributed by atoms with Crippen LogP contribution in [-0.4, -0.2) is 12.2 Å². The van der Waals surface area contributed by atoms with Gasteiger partial charge in [-0.1, -0.05) is 0 Å². The molecule has 7 heteroatoms. The van der Waals surface area contributed by atoms with E-state index in [0.717, 1.165) is 0 Å². The molecular formula is C10H9F6N. The summed E-state index contributed by atoms with van der Waals surface area (Å²) in [5, 5.41) is 0. The molecule has 1 aromatic carbocycles. The summed E-state index contributed by atoms with van der Waals surface area (Å²) < 4.78 is 74.2. The fourth-order valence-corrected chi connectivity index (χ4v) is 1.37. The van der Waals surface area contributed by atoms with Crippen LogP contribution in [0.4, 0.5) is 26.3 Å². The molecule has 0 aliphatic heterocycles.